The van der Waals surface area contributed by atoms with Gasteiger partial charge in [-0.2, -0.15) is 26.3 Å². The Bertz CT molecular complexity index is 1010. The van der Waals surface area contributed by atoms with Crippen LogP contribution < -0.4 is 10.2 Å². The number of alkyl halides is 6. The first-order valence-electron chi connectivity index (χ1n) is 9.58. The molecule has 3 rings (SSSR count). The number of aromatic nitrogens is 3. The van der Waals surface area contributed by atoms with Gasteiger partial charge in [0.05, 0.1) is 36.0 Å². The first-order valence-corrected chi connectivity index (χ1v) is 9.58. The maximum absolute atomic E-state index is 12.9. The lowest BCUT2D eigenvalue weighted by molar-refractivity contribution is -0.145. The second kappa shape index (κ2) is 8.83. The summed E-state index contributed by atoms with van der Waals surface area (Å²) in [7, 11) is 0. The molecule has 2 aromatic heterocycles. The van der Waals surface area contributed by atoms with Crippen LogP contribution in [0, 0.1) is 5.92 Å². The van der Waals surface area contributed by atoms with Crippen LogP contribution in [-0.4, -0.2) is 50.9 Å². The zero-order chi connectivity index (χ0) is 24.6. The molecule has 0 bridgehead atoms. The van der Waals surface area contributed by atoms with Crippen LogP contribution in [0.25, 0.3) is 0 Å². The van der Waals surface area contributed by atoms with Gasteiger partial charge in [-0.1, -0.05) is 13.8 Å². The van der Waals surface area contributed by atoms with Gasteiger partial charge in [0.25, 0.3) is 0 Å². The van der Waals surface area contributed by atoms with Gasteiger partial charge in [0.1, 0.15) is 12.2 Å². The van der Waals surface area contributed by atoms with Gasteiger partial charge in [-0.15, -0.1) is 0 Å². The van der Waals surface area contributed by atoms with Crippen molar-refractivity contribution in [1.29, 1.82) is 0 Å². The van der Waals surface area contributed by atoms with Crippen molar-refractivity contribution in [2.24, 2.45) is 5.92 Å². The van der Waals surface area contributed by atoms with E-state index in [9.17, 15) is 35.9 Å². The molecule has 0 spiro atoms. The average Bonchev–Trinajstić information content (AvgIpc) is 3.03. The van der Waals surface area contributed by atoms with Gasteiger partial charge in [-0.25, -0.2) is 19.7 Å². The lowest BCUT2D eigenvalue weighted by Crippen LogP contribution is -2.42. The van der Waals surface area contributed by atoms with E-state index >= 15 is 0 Å². The summed E-state index contributed by atoms with van der Waals surface area (Å²) in [4.78, 5) is 37.5. The fourth-order valence-electron chi connectivity index (χ4n) is 3.23. The predicted molar refractivity (Wildman–Crippen MR) is 103 cm³/mol. The van der Waals surface area contributed by atoms with E-state index in [1.165, 1.54) is 4.90 Å². The summed E-state index contributed by atoms with van der Waals surface area (Å²) in [5.41, 5.74) is -1.08. The van der Waals surface area contributed by atoms with E-state index < -0.39 is 48.4 Å². The summed E-state index contributed by atoms with van der Waals surface area (Å²) in [6.07, 6.45) is -6.75. The van der Waals surface area contributed by atoms with Crippen LogP contribution in [0.15, 0.2) is 30.7 Å². The Labute approximate surface area is 183 Å². The third-order valence-electron chi connectivity index (χ3n) is 4.87. The molecule has 14 heteroatoms. The molecule has 33 heavy (non-hydrogen) atoms. The lowest BCUT2D eigenvalue weighted by Gasteiger charge is -2.25. The molecule has 3 amide bonds. The van der Waals surface area contributed by atoms with Gasteiger partial charge in [0.15, 0.2) is 0 Å². The molecule has 3 heterocycles. The van der Waals surface area contributed by atoms with Gasteiger partial charge < -0.3 is 10.2 Å². The second-order valence-corrected chi connectivity index (χ2v) is 7.57. The van der Waals surface area contributed by atoms with Crippen molar-refractivity contribution < 1.29 is 35.9 Å². The number of hydrogen-bond acceptors (Lipinski definition) is 5. The van der Waals surface area contributed by atoms with Crippen LogP contribution in [-0.2, 0) is 17.1 Å². The van der Waals surface area contributed by atoms with Crippen molar-refractivity contribution in [1.82, 2.24) is 19.9 Å². The van der Waals surface area contributed by atoms with E-state index in [-0.39, 0.29) is 23.8 Å². The highest BCUT2D eigenvalue weighted by Gasteiger charge is 2.41. The standard InChI is InChI=1S/C19H18F6N6O2/c1-10(2)13-8-30(12-6-27-16(28-7-12)19(23,24)25)17(33)31(13)9-15(32)29-11-3-4-14(26-5-11)18(20,21)22/h3-7,10,13H,8-9H2,1-2H3,(H,29,32)/t13-/m1/s1. The Morgan fingerprint density at radius 3 is 2.18 bits per heavy atom. The van der Waals surface area contributed by atoms with E-state index in [4.69, 9.17) is 0 Å². The minimum absolute atomic E-state index is 0.00809. The van der Waals surface area contributed by atoms with E-state index in [2.05, 4.69) is 20.3 Å². The van der Waals surface area contributed by atoms with Crippen molar-refractivity contribution >= 4 is 23.3 Å². The number of nitrogens with zero attached hydrogens (tertiary/aromatic N) is 5. The number of anilines is 2. The Hall–Kier alpha value is -3.45. The summed E-state index contributed by atoms with van der Waals surface area (Å²) < 4.78 is 75.9. The number of hydrogen-bond donors (Lipinski definition) is 1. The largest absolute Gasteiger partial charge is 0.451 e. The Morgan fingerprint density at radius 2 is 1.70 bits per heavy atom. The number of urea groups is 1. The summed E-state index contributed by atoms with van der Waals surface area (Å²) in [6, 6.07) is 0.639. The smallest absolute Gasteiger partial charge is 0.323 e. The fourth-order valence-corrected chi connectivity index (χ4v) is 3.23. The molecule has 0 saturated carbocycles. The quantitative estimate of drug-likeness (QED) is 0.663. The van der Waals surface area contributed by atoms with Crippen LogP contribution in [0.1, 0.15) is 25.4 Å². The van der Waals surface area contributed by atoms with E-state index in [1.807, 2.05) is 0 Å². The molecule has 0 aromatic carbocycles. The number of carbonyl (C=O) groups excluding carboxylic acids is 2. The van der Waals surface area contributed by atoms with Gasteiger partial charge >= 0.3 is 18.4 Å². The molecule has 1 atom stereocenters. The molecule has 1 saturated heterocycles. The summed E-state index contributed by atoms with van der Waals surface area (Å²) >= 11 is 0. The molecular weight excluding hydrogens is 458 g/mol. The second-order valence-electron chi connectivity index (χ2n) is 7.57. The van der Waals surface area contributed by atoms with Crippen LogP contribution in [0.2, 0.25) is 0 Å². The molecule has 178 valence electrons. The third-order valence-corrected chi connectivity index (χ3v) is 4.87. The Balaban J connectivity index is 1.72. The molecule has 8 nitrogen and oxygen atoms in total. The first kappa shape index (κ1) is 24.2. The number of carbonyl (C=O) groups is 2. The Kier molecular flexibility index (Phi) is 6.47. The molecule has 2 aromatic rings. The van der Waals surface area contributed by atoms with Crippen molar-refractivity contribution in [3.63, 3.8) is 0 Å². The lowest BCUT2D eigenvalue weighted by atomic mass is 10.0. The molecule has 0 radical (unpaired) electrons. The minimum atomic E-state index is -4.73. The average molecular weight is 476 g/mol. The van der Waals surface area contributed by atoms with Crippen molar-refractivity contribution in [2.45, 2.75) is 32.2 Å². The minimum Gasteiger partial charge on any atom is -0.323 e. The van der Waals surface area contributed by atoms with Crippen LogP contribution in [0.3, 0.4) is 0 Å². The molecule has 0 unspecified atom stereocenters. The van der Waals surface area contributed by atoms with E-state index in [0.29, 0.717) is 6.07 Å². The summed E-state index contributed by atoms with van der Waals surface area (Å²) in [6.45, 7) is 3.26. The number of amides is 3. The monoisotopic (exact) mass is 476 g/mol. The fraction of sp³-hybridized carbons (Fsp3) is 0.421. The van der Waals surface area contributed by atoms with Crippen molar-refractivity contribution in [3.05, 3.63) is 42.2 Å². The van der Waals surface area contributed by atoms with Gasteiger partial charge in [0, 0.05) is 6.54 Å². The highest BCUT2D eigenvalue weighted by atomic mass is 19.4. The number of nitrogens with one attached hydrogen (secondary N) is 1. The van der Waals surface area contributed by atoms with Gasteiger partial charge in [-0.3, -0.25) is 9.69 Å². The molecule has 0 aliphatic carbocycles. The van der Waals surface area contributed by atoms with Crippen LogP contribution in [0.4, 0.5) is 42.5 Å². The molecular formula is C19H18F6N6O2. The molecule has 1 aliphatic rings. The maximum atomic E-state index is 12.9. The normalized spacial score (nSPS) is 17.1. The van der Waals surface area contributed by atoms with E-state index in [0.717, 1.165) is 29.6 Å². The highest BCUT2D eigenvalue weighted by Crippen LogP contribution is 2.30. The summed E-state index contributed by atoms with van der Waals surface area (Å²) in [5, 5.41) is 2.38. The first-order chi connectivity index (χ1) is 15.3. The number of pyridine rings is 1. The van der Waals surface area contributed by atoms with Crippen molar-refractivity contribution in [3.8, 4) is 0 Å². The van der Waals surface area contributed by atoms with Crippen LogP contribution >= 0.6 is 0 Å². The molecule has 1 N–H and O–H groups in total. The predicted octanol–water partition coefficient (Wildman–Crippen LogP) is 3.81. The molecule has 1 fully saturated rings. The molecule has 1 aliphatic heterocycles. The zero-order valence-corrected chi connectivity index (χ0v) is 17.3. The van der Waals surface area contributed by atoms with Crippen molar-refractivity contribution in [2.75, 3.05) is 23.3 Å². The number of halogens is 6. The Morgan fingerprint density at radius 1 is 1.06 bits per heavy atom. The van der Waals surface area contributed by atoms with E-state index in [1.54, 1.807) is 13.8 Å². The third kappa shape index (κ3) is 5.49. The highest BCUT2D eigenvalue weighted by molar-refractivity contribution is 5.99. The maximum Gasteiger partial charge on any atom is 0.451 e. The van der Waals surface area contributed by atoms with Gasteiger partial charge in [-0.05, 0) is 18.1 Å². The van der Waals surface area contributed by atoms with Gasteiger partial charge in [0.2, 0.25) is 11.7 Å². The number of rotatable bonds is 5. The zero-order valence-electron chi connectivity index (χ0n) is 17.3. The SMILES string of the molecule is CC(C)[C@H]1CN(c2cnc(C(F)(F)F)nc2)C(=O)N1CC(=O)Nc1ccc(C(F)(F)F)nc1. The topological polar surface area (TPSA) is 91.3 Å². The summed E-state index contributed by atoms with van der Waals surface area (Å²) in [5.74, 6) is -2.14. The van der Waals surface area contributed by atoms with Crippen LogP contribution in [0.5, 0.6) is 0 Å².